The lowest BCUT2D eigenvalue weighted by Gasteiger charge is -2.26. The van der Waals surface area contributed by atoms with E-state index in [9.17, 15) is 13.2 Å². The minimum absolute atomic E-state index is 0.0108. The van der Waals surface area contributed by atoms with E-state index in [4.69, 9.17) is 10.5 Å². The molecule has 5 heteroatoms. The monoisotopic (exact) mass is 289 g/mol. The number of alkyl halides is 3. The molecule has 2 atom stereocenters. The van der Waals surface area contributed by atoms with Crippen LogP contribution in [0.2, 0.25) is 0 Å². The lowest BCUT2D eigenvalue weighted by molar-refractivity contribution is -0.199. The van der Waals surface area contributed by atoms with E-state index in [1.165, 1.54) is 6.92 Å². The fraction of sp³-hybridized carbons (Fsp3) is 0.600. The molecule has 0 heterocycles. The highest BCUT2D eigenvalue weighted by Gasteiger charge is 2.44. The Hall–Kier alpha value is -1.23. The van der Waals surface area contributed by atoms with Crippen molar-refractivity contribution >= 4 is 0 Å². The van der Waals surface area contributed by atoms with Crippen LogP contribution in [0.4, 0.5) is 13.2 Å². The van der Waals surface area contributed by atoms with Gasteiger partial charge in [-0.15, -0.1) is 0 Å². The molecule has 2 nitrogen and oxygen atoms in total. The summed E-state index contributed by atoms with van der Waals surface area (Å²) in [5.74, 6) is 0.181. The molecule has 2 N–H and O–H groups in total. The van der Waals surface area contributed by atoms with E-state index in [-0.39, 0.29) is 11.2 Å². The van der Waals surface area contributed by atoms with E-state index in [2.05, 4.69) is 20.8 Å². The summed E-state index contributed by atoms with van der Waals surface area (Å²) in [6.45, 7) is 7.53. The average Bonchev–Trinajstić information content (AvgIpc) is 2.34. The summed E-state index contributed by atoms with van der Waals surface area (Å²) in [6, 6.07) is 5.60. The van der Waals surface area contributed by atoms with Gasteiger partial charge in [0.1, 0.15) is 5.75 Å². The van der Waals surface area contributed by atoms with E-state index >= 15 is 0 Å². The third-order valence-electron chi connectivity index (χ3n) is 3.58. The van der Waals surface area contributed by atoms with Crippen molar-refractivity contribution in [2.24, 2.45) is 5.73 Å². The van der Waals surface area contributed by atoms with Crippen molar-refractivity contribution in [3.63, 3.8) is 0 Å². The maximum Gasteiger partial charge on any atom is 0.426 e. The van der Waals surface area contributed by atoms with Crippen molar-refractivity contribution < 1.29 is 17.9 Å². The quantitative estimate of drug-likeness (QED) is 0.888. The van der Waals surface area contributed by atoms with Gasteiger partial charge >= 0.3 is 6.18 Å². The second kappa shape index (κ2) is 6.04. The largest absolute Gasteiger partial charge is 0.479 e. The van der Waals surface area contributed by atoms with Gasteiger partial charge < -0.3 is 10.5 Å². The van der Waals surface area contributed by atoms with Gasteiger partial charge in [-0.2, -0.15) is 13.2 Å². The molecule has 2 unspecified atom stereocenters. The Morgan fingerprint density at radius 2 is 1.65 bits per heavy atom. The van der Waals surface area contributed by atoms with Crippen LogP contribution >= 0.6 is 0 Å². The first-order chi connectivity index (χ1) is 9.08. The lowest BCUT2D eigenvalue weighted by atomic mass is 9.82. The summed E-state index contributed by atoms with van der Waals surface area (Å²) in [5, 5.41) is 0. The van der Waals surface area contributed by atoms with Gasteiger partial charge in [0, 0.05) is 6.04 Å². The summed E-state index contributed by atoms with van der Waals surface area (Å²) in [7, 11) is 0. The minimum Gasteiger partial charge on any atom is -0.479 e. The Bertz CT molecular complexity index is 424. The fourth-order valence-electron chi connectivity index (χ4n) is 1.81. The highest BCUT2D eigenvalue weighted by atomic mass is 19.4. The molecule has 0 fully saturated rings. The SMILES string of the molecule is CCC(C)(C)c1ccc(OC(C(C)N)C(F)(F)F)cc1. The second-order valence-electron chi connectivity index (χ2n) is 5.70. The molecule has 0 radical (unpaired) electrons. The smallest absolute Gasteiger partial charge is 0.426 e. The van der Waals surface area contributed by atoms with Crippen LogP contribution in [-0.2, 0) is 5.41 Å². The molecule has 0 saturated heterocycles. The molecule has 0 spiro atoms. The molecule has 1 aromatic carbocycles. The van der Waals surface area contributed by atoms with Crippen molar-refractivity contribution in [1.29, 1.82) is 0 Å². The van der Waals surface area contributed by atoms with Crippen molar-refractivity contribution in [2.45, 2.75) is 57.9 Å². The fourth-order valence-corrected chi connectivity index (χ4v) is 1.81. The van der Waals surface area contributed by atoms with Gasteiger partial charge in [0.2, 0.25) is 6.10 Å². The molecular formula is C15H22F3NO. The molecule has 0 aromatic heterocycles. The number of hydrogen-bond donors (Lipinski definition) is 1. The molecule has 20 heavy (non-hydrogen) atoms. The number of nitrogens with two attached hydrogens (primary N) is 1. The van der Waals surface area contributed by atoms with Gasteiger partial charge in [-0.25, -0.2) is 0 Å². The number of benzene rings is 1. The second-order valence-corrected chi connectivity index (χ2v) is 5.70. The lowest BCUT2D eigenvalue weighted by Crippen LogP contribution is -2.47. The summed E-state index contributed by atoms with van der Waals surface area (Å²) < 4.78 is 43.3. The highest BCUT2D eigenvalue weighted by Crippen LogP contribution is 2.30. The Balaban J connectivity index is 2.89. The molecule has 0 aliphatic carbocycles. The van der Waals surface area contributed by atoms with Gasteiger partial charge in [0.25, 0.3) is 0 Å². The Morgan fingerprint density at radius 1 is 1.15 bits per heavy atom. The third-order valence-corrected chi connectivity index (χ3v) is 3.58. The molecular weight excluding hydrogens is 267 g/mol. The summed E-state index contributed by atoms with van der Waals surface area (Å²) in [5.41, 5.74) is 6.40. The number of rotatable bonds is 5. The van der Waals surface area contributed by atoms with Gasteiger partial charge in [-0.3, -0.25) is 0 Å². The maximum absolute atomic E-state index is 12.8. The number of ether oxygens (including phenoxy) is 1. The first-order valence-corrected chi connectivity index (χ1v) is 6.67. The predicted molar refractivity (Wildman–Crippen MR) is 73.9 cm³/mol. The molecule has 0 saturated carbocycles. The number of hydrogen-bond acceptors (Lipinski definition) is 2. The van der Waals surface area contributed by atoms with Gasteiger partial charge in [-0.05, 0) is 36.5 Å². The molecule has 0 amide bonds. The van der Waals surface area contributed by atoms with Crippen LogP contribution < -0.4 is 10.5 Å². The minimum atomic E-state index is -4.48. The van der Waals surface area contributed by atoms with E-state index in [1.54, 1.807) is 24.3 Å². The first kappa shape index (κ1) is 16.8. The van der Waals surface area contributed by atoms with Crippen LogP contribution in [0, 0.1) is 0 Å². The van der Waals surface area contributed by atoms with Crippen LogP contribution in [0.3, 0.4) is 0 Å². The number of halogens is 3. The predicted octanol–water partition coefficient (Wildman–Crippen LogP) is 4.03. The van der Waals surface area contributed by atoms with Gasteiger partial charge in [-0.1, -0.05) is 32.9 Å². The van der Waals surface area contributed by atoms with Crippen LogP contribution in [0.15, 0.2) is 24.3 Å². The highest BCUT2D eigenvalue weighted by molar-refractivity contribution is 5.31. The standard InChI is InChI=1S/C15H22F3NO/c1-5-14(3,4)11-6-8-12(9-7-11)20-13(10(2)19)15(16,17)18/h6-10,13H,5,19H2,1-4H3. The van der Waals surface area contributed by atoms with E-state index in [0.717, 1.165) is 12.0 Å². The summed E-state index contributed by atoms with van der Waals surface area (Å²) >= 11 is 0. The van der Waals surface area contributed by atoms with E-state index in [0.29, 0.717) is 0 Å². The molecule has 114 valence electrons. The van der Waals surface area contributed by atoms with Gasteiger partial charge in [0.05, 0.1) is 0 Å². The van der Waals surface area contributed by atoms with Crippen molar-refractivity contribution in [3.8, 4) is 5.75 Å². The summed E-state index contributed by atoms with van der Waals surface area (Å²) in [4.78, 5) is 0. The molecule has 1 aromatic rings. The van der Waals surface area contributed by atoms with Crippen molar-refractivity contribution in [2.75, 3.05) is 0 Å². The summed E-state index contributed by atoms with van der Waals surface area (Å²) in [6.07, 6.45) is -5.53. The van der Waals surface area contributed by atoms with Crippen LogP contribution in [-0.4, -0.2) is 18.3 Å². The topological polar surface area (TPSA) is 35.2 Å². The Morgan fingerprint density at radius 3 is 2.00 bits per heavy atom. The van der Waals surface area contributed by atoms with Crippen LogP contribution in [0.1, 0.15) is 39.7 Å². The Labute approximate surface area is 118 Å². The van der Waals surface area contributed by atoms with E-state index in [1.807, 2.05) is 0 Å². The third kappa shape index (κ3) is 4.13. The zero-order valence-corrected chi connectivity index (χ0v) is 12.3. The Kier molecular flexibility index (Phi) is 5.08. The maximum atomic E-state index is 12.8. The van der Waals surface area contributed by atoms with E-state index < -0.39 is 18.3 Å². The molecule has 0 bridgehead atoms. The zero-order valence-electron chi connectivity index (χ0n) is 12.3. The van der Waals surface area contributed by atoms with Crippen LogP contribution in [0.25, 0.3) is 0 Å². The molecule has 0 aliphatic heterocycles. The van der Waals surface area contributed by atoms with Gasteiger partial charge in [0.15, 0.2) is 0 Å². The van der Waals surface area contributed by atoms with Crippen molar-refractivity contribution in [3.05, 3.63) is 29.8 Å². The molecule has 0 aliphatic rings. The average molecular weight is 289 g/mol. The van der Waals surface area contributed by atoms with Crippen molar-refractivity contribution in [1.82, 2.24) is 0 Å². The normalized spacial score (nSPS) is 15.8. The van der Waals surface area contributed by atoms with Crippen LogP contribution in [0.5, 0.6) is 5.75 Å². The first-order valence-electron chi connectivity index (χ1n) is 6.67. The zero-order chi connectivity index (χ0) is 15.6. The molecule has 1 rings (SSSR count).